The molecule has 0 aliphatic carbocycles. The van der Waals surface area contributed by atoms with Crippen molar-refractivity contribution in [1.29, 1.82) is 0 Å². The van der Waals surface area contributed by atoms with E-state index in [1.807, 2.05) is 6.07 Å². The van der Waals surface area contributed by atoms with Crippen LogP contribution in [0.3, 0.4) is 0 Å². The molecule has 6 heteroatoms. The Bertz CT molecular complexity index is 619. The molecule has 6 nitrogen and oxygen atoms in total. The molecule has 0 aromatic heterocycles. The van der Waals surface area contributed by atoms with Crippen molar-refractivity contribution in [3.8, 4) is 11.5 Å². The van der Waals surface area contributed by atoms with Gasteiger partial charge in [0.15, 0.2) is 11.5 Å². The van der Waals surface area contributed by atoms with E-state index in [0.29, 0.717) is 5.39 Å². The van der Waals surface area contributed by atoms with E-state index in [9.17, 15) is 20.4 Å². The summed E-state index contributed by atoms with van der Waals surface area (Å²) in [4.78, 5) is 0. The molecule has 2 aromatic rings. The number of ether oxygens (including phenoxy) is 2. The smallest absolute Gasteiger partial charge is 0.422 e. The van der Waals surface area contributed by atoms with Crippen LogP contribution in [0.25, 0.3) is 10.8 Å². The van der Waals surface area contributed by atoms with Crippen LogP contribution in [0, 0.1) is 0 Å². The van der Waals surface area contributed by atoms with E-state index in [1.165, 1.54) is 6.07 Å². The molecule has 2 aromatic carbocycles. The first-order chi connectivity index (χ1) is 8.41. The molecule has 0 spiro atoms. The fourth-order valence-corrected chi connectivity index (χ4v) is 1.84. The van der Waals surface area contributed by atoms with Crippen LogP contribution in [0.2, 0.25) is 0 Å². The van der Waals surface area contributed by atoms with Gasteiger partial charge in [-0.3, -0.25) is 0 Å². The normalized spacial score (nSPS) is 19.8. The maximum atomic E-state index is 9.42. The minimum absolute atomic E-state index is 0.0115. The van der Waals surface area contributed by atoms with E-state index < -0.39 is 11.9 Å². The minimum atomic E-state index is -3.25. The average molecular weight is 250 g/mol. The van der Waals surface area contributed by atoms with Gasteiger partial charge in [-0.05, 0) is 11.5 Å². The Kier molecular flexibility index (Phi) is 2.08. The van der Waals surface area contributed by atoms with Crippen LogP contribution in [0.4, 0.5) is 0 Å². The SMILES string of the molecule is OC1(O)Oc2ccc3ccccc3c2OC1(O)O. The molecule has 4 N–H and O–H groups in total. The van der Waals surface area contributed by atoms with E-state index >= 15 is 0 Å². The van der Waals surface area contributed by atoms with Crippen LogP contribution >= 0.6 is 0 Å². The van der Waals surface area contributed by atoms with E-state index in [-0.39, 0.29) is 11.5 Å². The second-order valence-electron chi connectivity index (χ2n) is 4.03. The first-order valence-corrected chi connectivity index (χ1v) is 5.20. The molecule has 0 amide bonds. The van der Waals surface area contributed by atoms with Gasteiger partial charge in [0.25, 0.3) is 0 Å². The number of hydrogen-bond acceptors (Lipinski definition) is 6. The monoisotopic (exact) mass is 250 g/mol. The Morgan fingerprint density at radius 2 is 1.44 bits per heavy atom. The Morgan fingerprint density at radius 1 is 0.778 bits per heavy atom. The van der Waals surface area contributed by atoms with E-state index in [1.54, 1.807) is 24.3 Å². The van der Waals surface area contributed by atoms with E-state index in [2.05, 4.69) is 0 Å². The first-order valence-electron chi connectivity index (χ1n) is 5.20. The maximum Gasteiger partial charge on any atom is 0.422 e. The molecule has 0 saturated heterocycles. The summed E-state index contributed by atoms with van der Waals surface area (Å²) in [6.07, 6.45) is 0. The standard InChI is InChI=1S/C12H10O6/c13-11(14)12(15,16)18-10-8-4-2-1-3-7(8)5-6-9(10)17-11/h1-6,13-16H. The van der Waals surface area contributed by atoms with Crippen LogP contribution in [0.1, 0.15) is 0 Å². The van der Waals surface area contributed by atoms with Gasteiger partial charge in [0.05, 0.1) is 0 Å². The summed E-state index contributed by atoms with van der Waals surface area (Å²) < 4.78 is 9.56. The fourth-order valence-electron chi connectivity index (χ4n) is 1.84. The lowest BCUT2D eigenvalue weighted by Crippen LogP contribution is -2.63. The van der Waals surface area contributed by atoms with Crippen molar-refractivity contribution < 1.29 is 29.9 Å². The minimum Gasteiger partial charge on any atom is -0.428 e. The van der Waals surface area contributed by atoms with Crippen LogP contribution in [0.5, 0.6) is 11.5 Å². The summed E-state index contributed by atoms with van der Waals surface area (Å²) in [5.74, 6) is -6.43. The number of rotatable bonds is 0. The van der Waals surface area contributed by atoms with E-state index in [4.69, 9.17) is 9.47 Å². The van der Waals surface area contributed by atoms with Gasteiger partial charge in [-0.2, -0.15) is 0 Å². The molecule has 0 bridgehead atoms. The molecule has 0 radical (unpaired) electrons. The molecule has 0 unspecified atom stereocenters. The molecule has 94 valence electrons. The molecule has 1 heterocycles. The predicted molar refractivity (Wildman–Crippen MR) is 59.5 cm³/mol. The zero-order valence-corrected chi connectivity index (χ0v) is 9.07. The summed E-state index contributed by atoms with van der Waals surface area (Å²) in [5, 5.41) is 38.9. The van der Waals surface area contributed by atoms with Gasteiger partial charge in [0.2, 0.25) is 0 Å². The number of hydrogen-bond donors (Lipinski definition) is 4. The van der Waals surface area contributed by atoms with Crippen molar-refractivity contribution in [2.45, 2.75) is 11.9 Å². The Morgan fingerprint density at radius 3 is 2.22 bits per heavy atom. The Balaban J connectivity index is 2.25. The van der Waals surface area contributed by atoms with Gasteiger partial charge in [-0.1, -0.05) is 30.3 Å². The van der Waals surface area contributed by atoms with Crippen molar-refractivity contribution in [2.24, 2.45) is 0 Å². The summed E-state index contributed by atoms with van der Waals surface area (Å²) in [5.41, 5.74) is 0. The zero-order chi connectivity index (χ0) is 13.0. The maximum absolute atomic E-state index is 9.42. The lowest BCUT2D eigenvalue weighted by atomic mass is 10.1. The highest BCUT2D eigenvalue weighted by molar-refractivity contribution is 5.90. The van der Waals surface area contributed by atoms with Crippen molar-refractivity contribution in [1.82, 2.24) is 0 Å². The van der Waals surface area contributed by atoms with Crippen LogP contribution in [0.15, 0.2) is 36.4 Å². The summed E-state index contributed by atoms with van der Waals surface area (Å²) in [7, 11) is 0. The number of benzene rings is 2. The molecule has 0 atom stereocenters. The molecule has 3 rings (SSSR count). The highest BCUT2D eigenvalue weighted by atomic mass is 16.9. The van der Waals surface area contributed by atoms with Gasteiger partial charge in [-0.15, -0.1) is 0 Å². The predicted octanol–water partition coefficient (Wildman–Crippen LogP) is -0.112. The quantitative estimate of drug-likeness (QED) is 0.487. The summed E-state index contributed by atoms with van der Waals surface area (Å²) >= 11 is 0. The molecular formula is C12H10O6. The van der Waals surface area contributed by atoms with Crippen molar-refractivity contribution in [2.75, 3.05) is 0 Å². The van der Waals surface area contributed by atoms with Crippen molar-refractivity contribution in [3.63, 3.8) is 0 Å². The molecule has 18 heavy (non-hydrogen) atoms. The first kappa shape index (κ1) is 11.2. The van der Waals surface area contributed by atoms with E-state index in [0.717, 1.165) is 5.39 Å². The van der Waals surface area contributed by atoms with Crippen LogP contribution in [-0.2, 0) is 0 Å². The third kappa shape index (κ3) is 1.44. The highest BCUT2D eigenvalue weighted by Crippen LogP contribution is 2.43. The third-order valence-electron chi connectivity index (χ3n) is 2.76. The molecule has 1 aliphatic heterocycles. The molecule has 0 saturated carbocycles. The average Bonchev–Trinajstić information content (AvgIpc) is 2.30. The zero-order valence-electron chi connectivity index (χ0n) is 9.07. The molecule has 0 fully saturated rings. The Hall–Kier alpha value is -1.86. The van der Waals surface area contributed by atoms with Crippen LogP contribution < -0.4 is 9.47 Å². The lowest BCUT2D eigenvalue weighted by molar-refractivity contribution is -0.499. The van der Waals surface area contributed by atoms with Crippen molar-refractivity contribution >= 4 is 10.8 Å². The second-order valence-corrected chi connectivity index (χ2v) is 4.03. The Labute approximate surface area is 101 Å². The topological polar surface area (TPSA) is 99.4 Å². The highest BCUT2D eigenvalue weighted by Gasteiger charge is 2.58. The molecule has 1 aliphatic rings. The van der Waals surface area contributed by atoms with Gasteiger partial charge in [0, 0.05) is 5.39 Å². The van der Waals surface area contributed by atoms with Crippen LogP contribution in [-0.4, -0.2) is 32.4 Å². The summed E-state index contributed by atoms with van der Waals surface area (Å²) in [6.45, 7) is 0. The van der Waals surface area contributed by atoms with Gasteiger partial charge in [-0.25, -0.2) is 0 Å². The van der Waals surface area contributed by atoms with Gasteiger partial charge < -0.3 is 29.9 Å². The van der Waals surface area contributed by atoms with Crippen molar-refractivity contribution in [3.05, 3.63) is 36.4 Å². The third-order valence-corrected chi connectivity index (χ3v) is 2.76. The van der Waals surface area contributed by atoms with Gasteiger partial charge >= 0.3 is 11.9 Å². The second kappa shape index (κ2) is 3.33. The number of aliphatic hydroxyl groups is 4. The molecular weight excluding hydrogens is 240 g/mol. The fraction of sp³-hybridized carbons (Fsp3) is 0.167. The number of fused-ring (bicyclic) bond motifs is 3. The lowest BCUT2D eigenvalue weighted by Gasteiger charge is -2.38. The van der Waals surface area contributed by atoms with Gasteiger partial charge in [0.1, 0.15) is 0 Å². The largest absolute Gasteiger partial charge is 0.428 e. The summed E-state index contributed by atoms with van der Waals surface area (Å²) in [6, 6.07) is 10.2.